The van der Waals surface area contributed by atoms with Crippen molar-refractivity contribution in [2.75, 3.05) is 19.8 Å². The molecule has 0 heterocycles. The van der Waals surface area contributed by atoms with E-state index in [1.54, 1.807) is 13.8 Å². The number of rotatable bonds is 8. The van der Waals surface area contributed by atoms with Crippen molar-refractivity contribution in [1.82, 2.24) is 10.9 Å². The van der Waals surface area contributed by atoms with E-state index in [0.717, 1.165) is 6.20 Å². The molecule has 0 fully saturated rings. The van der Waals surface area contributed by atoms with Gasteiger partial charge in [0.15, 0.2) is 5.57 Å². The van der Waals surface area contributed by atoms with Gasteiger partial charge in [-0.3, -0.25) is 0 Å². The van der Waals surface area contributed by atoms with Crippen LogP contribution in [0.4, 0.5) is 0 Å². The minimum absolute atomic E-state index is 0.164. The number of hydrogen-bond acceptors (Lipinski definition) is 7. The van der Waals surface area contributed by atoms with E-state index in [1.165, 1.54) is 0 Å². The lowest BCUT2D eigenvalue weighted by atomic mass is 10.3. The number of carbonyl (C=O) groups excluding carboxylic acids is 2. The molecule has 0 amide bonds. The molecular weight excluding hydrogens is 238 g/mol. The highest BCUT2D eigenvalue weighted by Gasteiger charge is 2.20. The van der Waals surface area contributed by atoms with Gasteiger partial charge < -0.3 is 14.9 Å². The molecule has 0 aliphatic heterocycles. The monoisotopic (exact) mass is 255 g/mol. The average molecular weight is 255 g/mol. The predicted octanol–water partition coefficient (Wildman–Crippen LogP) is 0.00438. The summed E-state index contributed by atoms with van der Waals surface area (Å²) in [6, 6.07) is 1.94. The van der Waals surface area contributed by atoms with Crippen molar-refractivity contribution >= 4 is 11.9 Å². The molecule has 7 heteroatoms. The molecule has 0 bridgehead atoms. The normalized spacial score (nSPS) is 8.94. The highest BCUT2D eigenvalue weighted by molar-refractivity contribution is 6.13. The molecule has 0 atom stereocenters. The van der Waals surface area contributed by atoms with Crippen LogP contribution in [0, 0.1) is 11.3 Å². The molecule has 7 nitrogen and oxygen atoms in total. The van der Waals surface area contributed by atoms with Crippen LogP contribution >= 0.6 is 0 Å². The third-order valence-corrected chi connectivity index (χ3v) is 1.67. The van der Waals surface area contributed by atoms with Crippen LogP contribution in [0.5, 0.6) is 0 Å². The Labute approximate surface area is 106 Å². The molecule has 0 aromatic rings. The van der Waals surface area contributed by atoms with E-state index in [0.29, 0.717) is 13.0 Å². The van der Waals surface area contributed by atoms with Crippen LogP contribution in [0.2, 0.25) is 0 Å². The number of nitrogens with one attached hydrogen (secondary N) is 2. The van der Waals surface area contributed by atoms with Crippen LogP contribution in [-0.4, -0.2) is 31.7 Å². The number of carbonyl (C=O) groups is 2. The van der Waals surface area contributed by atoms with Crippen LogP contribution in [0.15, 0.2) is 11.8 Å². The molecule has 0 radical (unpaired) electrons. The maximum absolute atomic E-state index is 11.5. The van der Waals surface area contributed by atoms with Gasteiger partial charge in [0.25, 0.3) is 0 Å². The summed E-state index contributed by atoms with van der Waals surface area (Å²) in [5.41, 5.74) is 4.95. The Morgan fingerprint density at radius 1 is 1.22 bits per heavy atom. The van der Waals surface area contributed by atoms with E-state index in [4.69, 9.17) is 14.7 Å². The van der Waals surface area contributed by atoms with Gasteiger partial charge >= 0.3 is 11.9 Å². The molecule has 0 aliphatic carbocycles. The fourth-order valence-electron chi connectivity index (χ4n) is 0.933. The summed E-state index contributed by atoms with van der Waals surface area (Å²) in [6.07, 6.45) is 1.46. The van der Waals surface area contributed by atoms with Crippen molar-refractivity contribution in [3.8, 4) is 6.07 Å². The van der Waals surface area contributed by atoms with Crippen LogP contribution < -0.4 is 10.9 Å². The van der Waals surface area contributed by atoms with E-state index < -0.39 is 11.9 Å². The van der Waals surface area contributed by atoms with Crippen LogP contribution in [0.3, 0.4) is 0 Å². The molecule has 0 aromatic carbocycles. The van der Waals surface area contributed by atoms with Gasteiger partial charge in [-0.2, -0.15) is 5.26 Å². The van der Waals surface area contributed by atoms with Gasteiger partial charge in [0.05, 0.1) is 19.3 Å². The predicted molar refractivity (Wildman–Crippen MR) is 62.7 cm³/mol. The molecular formula is C11H17N3O4. The van der Waals surface area contributed by atoms with E-state index in [-0.39, 0.29) is 18.8 Å². The highest BCUT2D eigenvalue weighted by atomic mass is 16.6. The van der Waals surface area contributed by atoms with Crippen molar-refractivity contribution in [3.05, 3.63) is 11.8 Å². The first-order chi connectivity index (χ1) is 8.67. The number of hydrazine groups is 1. The Balaban J connectivity index is 4.45. The van der Waals surface area contributed by atoms with Gasteiger partial charge in [0.1, 0.15) is 0 Å². The molecule has 0 rings (SSSR count). The van der Waals surface area contributed by atoms with E-state index in [1.807, 2.05) is 6.07 Å². The first-order valence-corrected chi connectivity index (χ1v) is 5.57. The standard InChI is InChI=1S/C11H17N3O4/c1-3-17-10(15)9(11(16)18-4-2)8-14-13-7-5-6-12/h8,13-14H,3-5,7H2,1-2H3. The summed E-state index contributed by atoms with van der Waals surface area (Å²) in [5, 5.41) is 8.31. The summed E-state index contributed by atoms with van der Waals surface area (Å²) in [6.45, 7) is 3.99. The minimum atomic E-state index is -0.759. The molecule has 0 saturated carbocycles. The second-order valence-electron chi connectivity index (χ2n) is 2.98. The van der Waals surface area contributed by atoms with Gasteiger partial charge in [0.2, 0.25) is 0 Å². The van der Waals surface area contributed by atoms with Gasteiger partial charge in [-0.25, -0.2) is 15.0 Å². The zero-order valence-electron chi connectivity index (χ0n) is 10.5. The second-order valence-corrected chi connectivity index (χ2v) is 2.98. The van der Waals surface area contributed by atoms with E-state index in [2.05, 4.69) is 10.9 Å². The first kappa shape index (κ1) is 15.9. The molecule has 100 valence electrons. The number of esters is 2. The maximum atomic E-state index is 11.5. The molecule has 2 N–H and O–H groups in total. The van der Waals surface area contributed by atoms with E-state index >= 15 is 0 Å². The third kappa shape index (κ3) is 6.50. The largest absolute Gasteiger partial charge is 0.462 e. The van der Waals surface area contributed by atoms with Crippen LogP contribution in [0.25, 0.3) is 0 Å². The van der Waals surface area contributed by atoms with Crippen LogP contribution in [-0.2, 0) is 19.1 Å². The van der Waals surface area contributed by atoms with Gasteiger partial charge in [-0.05, 0) is 13.8 Å². The Morgan fingerprint density at radius 3 is 2.22 bits per heavy atom. The number of hydrogen-bond donors (Lipinski definition) is 2. The quantitative estimate of drug-likeness (QED) is 0.157. The smallest absolute Gasteiger partial charge is 0.347 e. The Kier molecular flexibility index (Phi) is 8.95. The molecule has 18 heavy (non-hydrogen) atoms. The minimum Gasteiger partial charge on any atom is -0.462 e. The lowest BCUT2D eigenvalue weighted by molar-refractivity contribution is -0.146. The maximum Gasteiger partial charge on any atom is 0.347 e. The third-order valence-electron chi connectivity index (χ3n) is 1.67. The van der Waals surface area contributed by atoms with E-state index in [9.17, 15) is 9.59 Å². The number of nitriles is 1. The van der Waals surface area contributed by atoms with Crippen molar-refractivity contribution in [1.29, 1.82) is 5.26 Å². The SMILES string of the molecule is CCOC(=O)C(=CNNCCC#N)C(=O)OCC. The highest BCUT2D eigenvalue weighted by Crippen LogP contribution is 2.00. The number of ether oxygens (including phenoxy) is 2. The summed E-state index contributed by atoms with van der Waals surface area (Å²) in [5.74, 6) is -1.52. The Hall–Kier alpha value is -2.07. The molecule has 0 aliphatic rings. The number of nitrogens with zero attached hydrogens (tertiary/aromatic N) is 1. The molecule has 0 unspecified atom stereocenters. The van der Waals surface area contributed by atoms with Gasteiger partial charge in [0, 0.05) is 19.2 Å². The zero-order valence-corrected chi connectivity index (χ0v) is 10.5. The summed E-state index contributed by atoms with van der Waals surface area (Å²) in [7, 11) is 0. The lowest BCUT2D eigenvalue weighted by Crippen LogP contribution is -2.30. The first-order valence-electron chi connectivity index (χ1n) is 5.57. The lowest BCUT2D eigenvalue weighted by Gasteiger charge is -2.07. The Bertz CT molecular complexity index is 327. The molecule has 0 aromatic heterocycles. The van der Waals surface area contributed by atoms with Crippen molar-refractivity contribution in [2.45, 2.75) is 20.3 Å². The van der Waals surface area contributed by atoms with Crippen molar-refractivity contribution < 1.29 is 19.1 Å². The van der Waals surface area contributed by atoms with Gasteiger partial charge in [-0.15, -0.1) is 0 Å². The Morgan fingerprint density at radius 2 is 1.78 bits per heavy atom. The van der Waals surface area contributed by atoms with Crippen molar-refractivity contribution in [2.24, 2.45) is 0 Å². The molecule has 0 spiro atoms. The summed E-state index contributed by atoms with van der Waals surface area (Å²) >= 11 is 0. The van der Waals surface area contributed by atoms with Crippen molar-refractivity contribution in [3.63, 3.8) is 0 Å². The fourth-order valence-corrected chi connectivity index (χ4v) is 0.933. The van der Waals surface area contributed by atoms with Gasteiger partial charge in [-0.1, -0.05) is 0 Å². The van der Waals surface area contributed by atoms with Crippen LogP contribution in [0.1, 0.15) is 20.3 Å². The average Bonchev–Trinajstić information content (AvgIpc) is 2.34. The zero-order chi connectivity index (χ0) is 13.8. The second kappa shape index (κ2) is 10.1. The topological polar surface area (TPSA) is 100 Å². The summed E-state index contributed by atoms with van der Waals surface area (Å²) < 4.78 is 9.44. The molecule has 0 saturated heterocycles. The summed E-state index contributed by atoms with van der Waals surface area (Å²) in [4.78, 5) is 22.9. The fraction of sp³-hybridized carbons (Fsp3) is 0.545.